The Labute approximate surface area is 184 Å². The molecule has 1 saturated carbocycles. The van der Waals surface area contributed by atoms with E-state index in [4.69, 9.17) is 9.47 Å². The van der Waals surface area contributed by atoms with Gasteiger partial charge in [0.2, 0.25) is 0 Å². The van der Waals surface area contributed by atoms with Gasteiger partial charge in [-0.15, -0.1) is 11.8 Å². The molecule has 2 heterocycles. The average Bonchev–Trinajstić information content (AvgIpc) is 3.54. The van der Waals surface area contributed by atoms with Crippen LogP contribution in [-0.2, 0) is 20.9 Å². The van der Waals surface area contributed by atoms with Gasteiger partial charge in [0.1, 0.15) is 18.0 Å². The van der Waals surface area contributed by atoms with Crippen LogP contribution in [0, 0.1) is 0 Å². The molecule has 0 bridgehead atoms. The maximum absolute atomic E-state index is 13.3. The van der Waals surface area contributed by atoms with Crippen LogP contribution in [0.4, 0.5) is 9.59 Å². The van der Waals surface area contributed by atoms with E-state index in [1.165, 1.54) is 23.8 Å². The van der Waals surface area contributed by atoms with Crippen LogP contribution in [0.2, 0.25) is 0 Å². The molecule has 3 amide bonds. The highest BCUT2D eigenvalue weighted by Gasteiger charge is 2.49. The second-order valence-electron chi connectivity index (χ2n) is 7.34. The minimum absolute atomic E-state index is 0.0914. The van der Waals surface area contributed by atoms with Crippen molar-refractivity contribution < 1.29 is 23.9 Å². The van der Waals surface area contributed by atoms with Crippen LogP contribution in [0.3, 0.4) is 0 Å². The van der Waals surface area contributed by atoms with Crippen molar-refractivity contribution in [3.05, 3.63) is 66.0 Å². The van der Waals surface area contributed by atoms with Crippen LogP contribution >= 0.6 is 11.8 Å². The highest BCUT2D eigenvalue weighted by molar-refractivity contribution is 7.99. The van der Waals surface area contributed by atoms with Gasteiger partial charge in [-0.3, -0.25) is 14.7 Å². The highest BCUT2D eigenvalue weighted by atomic mass is 32.2. The lowest BCUT2D eigenvalue weighted by Crippen LogP contribution is -2.52. The minimum Gasteiger partial charge on any atom is -0.452 e. The maximum atomic E-state index is 13.3. The summed E-state index contributed by atoms with van der Waals surface area (Å²) in [5.41, 5.74) is 1.68. The Hall–Kier alpha value is -3.07. The SMILES string of the molecule is COC(=O)N(C(=O)C1CSC(c2ccncc2)N1C(=O)OCc1ccccc1)C1CC1. The molecule has 2 atom stereocenters. The number of carbonyl (C=O) groups excluding carboxylic acids is 3. The number of methoxy groups -OCH3 is 1. The van der Waals surface area contributed by atoms with Crippen molar-refractivity contribution in [2.45, 2.75) is 36.9 Å². The van der Waals surface area contributed by atoms with E-state index in [1.54, 1.807) is 24.5 Å². The average molecular weight is 442 g/mol. The third-order valence-corrected chi connectivity index (χ3v) is 6.54. The quantitative estimate of drug-likeness (QED) is 0.700. The van der Waals surface area contributed by atoms with Gasteiger partial charge in [0.05, 0.1) is 7.11 Å². The summed E-state index contributed by atoms with van der Waals surface area (Å²) in [5.74, 6) is -0.0815. The van der Waals surface area contributed by atoms with Gasteiger partial charge >= 0.3 is 12.2 Å². The number of hydrogen-bond acceptors (Lipinski definition) is 7. The summed E-state index contributed by atoms with van der Waals surface area (Å²) in [6.07, 6.45) is 3.48. The Balaban J connectivity index is 1.58. The summed E-state index contributed by atoms with van der Waals surface area (Å²) in [4.78, 5) is 45.4. The van der Waals surface area contributed by atoms with E-state index in [0.717, 1.165) is 28.9 Å². The molecule has 2 aliphatic rings. The number of amides is 3. The van der Waals surface area contributed by atoms with Crippen LogP contribution in [0.25, 0.3) is 0 Å². The zero-order chi connectivity index (χ0) is 21.8. The number of benzene rings is 1. The second kappa shape index (κ2) is 9.38. The Kier molecular flexibility index (Phi) is 6.41. The first-order valence-corrected chi connectivity index (χ1v) is 11.1. The predicted octanol–water partition coefficient (Wildman–Crippen LogP) is 3.59. The molecule has 8 nitrogen and oxygen atoms in total. The number of hydrogen-bond donors (Lipinski definition) is 0. The monoisotopic (exact) mass is 441 g/mol. The lowest BCUT2D eigenvalue weighted by atomic mass is 10.2. The fraction of sp³-hybridized carbons (Fsp3) is 0.364. The smallest absolute Gasteiger partial charge is 0.416 e. The third-order valence-electron chi connectivity index (χ3n) is 5.21. The second-order valence-corrected chi connectivity index (χ2v) is 8.45. The molecule has 1 aromatic heterocycles. The molecule has 31 heavy (non-hydrogen) atoms. The molecule has 9 heteroatoms. The van der Waals surface area contributed by atoms with Crippen LogP contribution in [0.1, 0.15) is 29.3 Å². The Morgan fingerprint density at radius 3 is 2.48 bits per heavy atom. The number of imide groups is 1. The molecule has 4 rings (SSSR count). The fourth-order valence-electron chi connectivity index (χ4n) is 3.51. The molecular formula is C22H23N3O5S. The van der Waals surface area contributed by atoms with Crippen molar-refractivity contribution in [3.63, 3.8) is 0 Å². The van der Waals surface area contributed by atoms with E-state index < -0.39 is 29.5 Å². The highest BCUT2D eigenvalue weighted by Crippen LogP contribution is 2.43. The van der Waals surface area contributed by atoms with Crippen molar-refractivity contribution in [3.8, 4) is 0 Å². The van der Waals surface area contributed by atoms with Gasteiger partial charge in [0, 0.05) is 24.2 Å². The lowest BCUT2D eigenvalue weighted by molar-refractivity contribution is -0.134. The Morgan fingerprint density at radius 1 is 1.13 bits per heavy atom. The Morgan fingerprint density at radius 2 is 1.84 bits per heavy atom. The number of nitrogens with zero attached hydrogens (tertiary/aromatic N) is 3. The number of aromatic nitrogens is 1. The van der Waals surface area contributed by atoms with Crippen LogP contribution in [0.5, 0.6) is 0 Å². The molecule has 162 valence electrons. The zero-order valence-electron chi connectivity index (χ0n) is 17.0. The third kappa shape index (κ3) is 4.66. The number of ether oxygens (including phenoxy) is 2. The van der Waals surface area contributed by atoms with E-state index >= 15 is 0 Å². The first-order chi connectivity index (χ1) is 15.1. The Bertz CT molecular complexity index is 939. The van der Waals surface area contributed by atoms with Crippen molar-refractivity contribution >= 4 is 29.9 Å². The van der Waals surface area contributed by atoms with Gasteiger partial charge in [-0.25, -0.2) is 14.5 Å². The van der Waals surface area contributed by atoms with E-state index in [0.29, 0.717) is 5.75 Å². The molecule has 2 aromatic rings. The summed E-state index contributed by atoms with van der Waals surface area (Å²) in [6.45, 7) is 0.0914. The number of rotatable bonds is 5. The topological polar surface area (TPSA) is 89.0 Å². The molecule has 2 unspecified atom stereocenters. The standard InChI is InChI=1S/C22H23N3O5S/c1-29-21(27)24(17-7-8-17)19(26)18-14-31-20(16-9-11-23-12-10-16)25(18)22(28)30-13-15-5-3-2-4-6-15/h2-6,9-12,17-18,20H,7-8,13-14H2,1H3. The molecule has 1 saturated heterocycles. The first-order valence-electron chi connectivity index (χ1n) is 10.0. The predicted molar refractivity (Wildman–Crippen MR) is 114 cm³/mol. The van der Waals surface area contributed by atoms with Gasteiger partial charge in [-0.05, 0) is 36.1 Å². The summed E-state index contributed by atoms with van der Waals surface area (Å²) >= 11 is 1.46. The van der Waals surface area contributed by atoms with Crippen molar-refractivity contribution in [2.75, 3.05) is 12.9 Å². The number of carbonyl (C=O) groups is 3. The van der Waals surface area contributed by atoms with Crippen molar-refractivity contribution in [1.82, 2.24) is 14.8 Å². The van der Waals surface area contributed by atoms with Gasteiger partial charge in [-0.2, -0.15) is 0 Å². The molecule has 1 aliphatic carbocycles. The zero-order valence-corrected chi connectivity index (χ0v) is 17.9. The van der Waals surface area contributed by atoms with Gasteiger partial charge in [0.25, 0.3) is 5.91 Å². The molecule has 1 aromatic carbocycles. The lowest BCUT2D eigenvalue weighted by Gasteiger charge is -2.30. The van der Waals surface area contributed by atoms with Gasteiger partial charge in [0.15, 0.2) is 0 Å². The van der Waals surface area contributed by atoms with Crippen LogP contribution in [-0.4, -0.2) is 57.8 Å². The molecule has 1 aliphatic heterocycles. The van der Waals surface area contributed by atoms with E-state index in [2.05, 4.69) is 4.98 Å². The van der Waals surface area contributed by atoms with Crippen LogP contribution < -0.4 is 0 Å². The summed E-state index contributed by atoms with van der Waals surface area (Å²) < 4.78 is 10.4. The van der Waals surface area contributed by atoms with E-state index in [9.17, 15) is 14.4 Å². The van der Waals surface area contributed by atoms with Crippen molar-refractivity contribution in [2.24, 2.45) is 0 Å². The molecule has 0 N–H and O–H groups in total. The maximum Gasteiger partial charge on any atom is 0.416 e. The number of pyridine rings is 1. The van der Waals surface area contributed by atoms with Gasteiger partial charge in [-0.1, -0.05) is 30.3 Å². The molecular weight excluding hydrogens is 418 g/mol. The fourth-order valence-corrected chi connectivity index (χ4v) is 4.92. The molecule has 0 spiro atoms. The van der Waals surface area contributed by atoms with Gasteiger partial charge < -0.3 is 9.47 Å². The molecule has 2 fully saturated rings. The minimum atomic E-state index is -0.828. The van der Waals surface area contributed by atoms with E-state index in [-0.39, 0.29) is 12.6 Å². The largest absolute Gasteiger partial charge is 0.452 e. The number of thioether (sulfide) groups is 1. The van der Waals surface area contributed by atoms with E-state index in [1.807, 2.05) is 30.3 Å². The summed E-state index contributed by atoms with van der Waals surface area (Å²) in [6, 6.07) is 12.0. The first kappa shape index (κ1) is 21.2. The molecule has 0 radical (unpaired) electrons. The van der Waals surface area contributed by atoms with Crippen molar-refractivity contribution in [1.29, 1.82) is 0 Å². The van der Waals surface area contributed by atoms with Crippen LogP contribution in [0.15, 0.2) is 54.9 Å². The summed E-state index contributed by atoms with van der Waals surface area (Å²) in [7, 11) is 1.25. The normalized spacial score (nSPS) is 20.2. The summed E-state index contributed by atoms with van der Waals surface area (Å²) in [5, 5.41) is -0.418.